The smallest absolute Gasteiger partial charge is 0.149 e. The predicted octanol–water partition coefficient (Wildman–Crippen LogP) is 16.5. The van der Waals surface area contributed by atoms with E-state index < -0.39 is 0 Å². The maximum Gasteiger partial charge on any atom is 0.149 e. The van der Waals surface area contributed by atoms with Crippen LogP contribution in [0.5, 0.6) is 5.75 Å². The van der Waals surface area contributed by atoms with Crippen molar-refractivity contribution in [2.24, 2.45) is 0 Å². The molecule has 0 saturated heterocycles. The molecule has 5 nitrogen and oxygen atoms in total. The van der Waals surface area contributed by atoms with Crippen LogP contribution in [0.15, 0.2) is 152 Å². The van der Waals surface area contributed by atoms with Gasteiger partial charge in [-0.25, -0.2) is 4.98 Å². The number of imidazole rings is 1. The van der Waals surface area contributed by atoms with Gasteiger partial charge in [0.15, 0.2) is 0 Å². The normalized spacial score (nSPS) is 12.8. The summed E-state index contributed by atoms with van der Waals surface area (Å²) in [7, 11) is 0. The number of rotatable bonds is 8. The Labute approximate surface area is 393 Å². The second kappa shape index (κ2) is 17.3. The van der Waals surface area contributed by atoms with Crippen LogP contribution in [-0.2, 0) is 21.7 Å². The standard InChI is InChI=1S/C61H66N4O/c1-39(38-63-47-23-18-15-19-24-47)41-29-30-62-52(34-41)43-31-42(32-45(33-43)59(5,6)7)48-25-20-26-54-55(48)64-57(50-36-46(60(8,9)10)37-51(56(50)66)61(11,12)13)65(54)53-28-27-44(58(2,3)4)35-49(53)40-21-16-14-17-22-40/h14-38,63,66H,1-13H3/b39-38-. The van der Waals surface area contributed by atoms with E-state index in [1.807, 2.05) is 24.4 Å². The van der Waals surface area contributed by atoms with E-state index in [1.54, 1.807) is 0 Å². The molecule has 0 amide bonds. The van der Waals surface area contributed by atoms with Crippen molar-refractivity contribution < 1.29 is 5.11 Å². The van der Waals surface area contributed by atoms with Crippen molar-refractivity contribution in [3.8, 4) is 56.3 Å². The first-order chi connectivity index (χ1) is 31.1. The van der Waals surface area contributed by atoms with E-state index in [0.717, 1.165) is 78.2 Å². The zero-order valence-electron chi connectivity index (χ0n) is 41.2. The minimum atomic E-state index is -0.326. The highest BCUT2D eigenvalue weighted by atomic mass is 16.3. The second-order valence-corrected chi connectivity index (χ2v) is 22.0. The van der Waals surface area contributed by atoms with Crippen LogP contribution in [0.1, 0.15) is 118 Å². The fraction of sp³-hybridized carbons (Fsp3) is 0.279. The van der Waals surface area contributed by atoms with Crippen LogP contribution < -0.4 is 5.32 Å². The number of phenols is 1. The molecule has 2 heterocycles. The molecule has 0 radical (unpaired) electrons. The predicted molar refractivity (Wildman–Crippen MR) is 281 cm³/mol. The van der Waals surface area contributed by atoms with Gasteiger partial charge in [-0.05, 0) is 128 Å². The molecular weight excluding hydrogens is 805 g/mol. The van der Waals surface area contributed by atoms with Gasteiger partial charge in [0.05, 0.1) is 28.0 Å². The summed E-state index contributed by atoms with van der Waals surface area (Å²) in [4.78, 5) is 10.7. The molecule has 0 bridgehead atoms. The molecule has 6 aromatic carbocycles. The molecule has 66 heavy (non-hydrogen) atoms. The Balaban J connectivity index is 1.41. The summed E-state index contributed by atoms with van der Waals surface area (Å²) in [6.45, 7) is 28.9. The summed E-state index contributed by atoms with van der Waals surface area (Å²) in [6.07, 6.45) is 3.96. The third-order valence-corrected chi connectivity index (χ3v) is 12.7. The lowest BCUT2D eigenvalue weighted by atomic mass is 9.79. The molecule has 2 N–H and O–H groups in total. The van der Waals surface area contributed by atoms with Gasteiger partial charge in [-0.2, -0.15) is 0 Å². The van der Waals surface area contributed by atoms with E-state index >= 15 is 0 Å². The van der Waals surface area contributed by atoms with Crippen LogP contribution >= 0.6 is 0 Å². The summed E-state index contributed by atoms with van der Waals surface area (Å²) < 4.78 is 2.29. The topological polar surface area (TPSA) is 63.0 Å². The van der Waals surface area contributed by atoms with E-state index in [9.17, 15) is 5.11 Å². The van der Waals surface area contributed by atoms with E-state index in [4.69, 9.17) is 9.97 Å². The molecule has 336 valence electrons. The highest BCUT2D eigenvalue weighted by molar-refractivity contribution is 5.98. The number of nitrogens with one attached hydrogen (secondary N) is 1. The number of phenolic OH excluding ortho intramolecular Hbond substituents is 1. The van der Waals surface area contributed by atoms with Gasteiger partial charge in [0, 0.05) is 40.3 Å². The molecular formula is C61H66N4O. The molecule has 8 aromatic rings. The van der Waals surface area contributed by atoms with Crippen LogP contribution in [0.4, 0.5) is 5.69 Å². The van der Waals surface area contributed by atoms with Crippen LogP contribution in [0.25, 0.3) is 67.2 Å². The largest absolute Gasteiger partial charge is 0.507 e. The van der Waals surface area contributed by atoms with Crippen LogP contribution in [-0.4, -0.2) is 19.6 Å². The van der Waals surface area contributed by atoms with E-state index in [1.165, 1.54) is 11.1 Å². The molecule has 0 atom stereocenters. The average molecular weight is 871 g/mol. The molecule has 8 rings (SSSR count). The summed E-state index contributed by atoms with van der Waals surface area (Å²) >= 11 is 0. The number of aromatic nitrogens is 3. The number of benzene rings is 6. The Bertz CT molecular complexity index is 3090. The third-order valence-electron chi connectivity index (χ3n) is 12.7. The Morgan fingerprint density at radius 2 is 1.17 bits per heavy atom. The van der Waals surface area contributed by atoms with Gasteiger partial charge in [0.1, 0.15) is 11.6 Å². The Hall–Kier alpha value is -6.72. The summed E-state index contributed by atoms with van der Waals surface area (Å²) in [5, 5.41) is 16.0. The van der Waals surface area contributed by atoms with E-state index in [-0.39, 0.29) is 27.4 Å². The van der Waals surface area contributed by atoms with Crippen LogP contribution in [0.3, 0.4) is 0 Å². The maximum absolute atomic E-state index is 12.6. The number of aromatic hydroxyl groups is 1. The van der Waals surface area contributed by atoms with E-state index in [0.29, 0.717) is 11.4 Å². The fourth-order valence-corrected chi connectivity index (χ4v) is 8.62. The van der Waals surface area contributed by atoms with Gasteiger partial charge >= 0.3 is 0 Å². The lowest BCUT2D eigenvalue weighted by molar-refractivity contribution is 0.446. The number of nitrogens with zero attached hydrogens (tertiary/aromatic N) is 3. The minimum Gasteiger partial charge on any atom is -0.507 e. The van der Waals surface area contributed by atoms with Crippen molar-refractivity contribution >= 4 is 22.3 Å². The third kappa shape index (κ3) is 9.35. The Morgan fingerprint density at radius 1 is 0.545 bits per heavy atom. The minimum absolute atomic E-state index is 0.0752. The molecule has 0 saturated carbocycles. The maximum atomic E-state index is 12.6. The quantitative estimate of drug-likeness (QED) is 0.160. The first-order valence-corrected chi connectivity index (χ1v) is 23.3. The molecule has 2 aromatic heterocycles. The van der Waals surface area contributed by atoms with Crippen LogP contribution in [0.2, 0.25) is 0 Å². The van der Waals surface area contributed by atoms with Crippen molar-refractivity contribution in [2.75, 3.05) is 5.32 Å². The molecule has 0 unspecified atom stereocenters. The number of allylic oxidation sites excluding steroid dienone is 1. The second-order valence-electron chi connectivity index (χ2n) is 22.0. The van der Waals surface area contributed by atoms with Crippen molar-refractivity contribution in [1.82, 2.24) is 14.5 Å². The van der Waals surface area contributed by atoms with Gasteiger partial charge in [-0.15, -0.1) is 0 Å². The lowest BCUT2D eigenvalue weighted by Gasteiger charge is -2.28. The lowest BCUT2D eigenvalue weighted by Crippen LogP contribution is -2.17. The highest BCUT2D eigenvalue weighted by Gasteiger charge is 2.30. The summed E-state index contributed by atoms with van der Waals surface area (Å²) in [5.74, 6) is 0.952. The summed E-state index contributed by atoms with van der Waals surface area (Å²) in [6, 6.07) is 49.7. The van der Waals surface area contributed by atoms with Gasteiger partial charge in [0.2, 0.25) is 0 Å². The fourth-order valence-electron chi connectivity index (χ4n) is 8.62. The highest BCUT2D eigenvalue weighted by Crippen LogP contribution is 2.46. The molecule has 0 fully saturated rings. The first-order valence-electron chi connectivity index (χ1n) is 23.3. The zero-order valence-corrected chi connectivity index (χ0v) is 41.2. The average Bonchev–Trinajstić information content (AvgIpc) is 3.66. The SMILES string of the molecule is C/C(=C/Nc1ccccc1)c1ccnc(-c2cc(-c3cccc4c3nc(-c3cc(C(C)(C)C)cc(C(C)(C)C)c3O)n4-c3ccc(C(C)(C)C)cc3-c3ccccc3)cc(C(C)(C)C)c2)c1. The van der Waals surface area contributed by atoms with Gasteiger partial charge < -0.3 is 10.4 Å². The molecule has 0 aliphatic heterocycles. The monoisotopic (exact) mass is 871 g/mol. The van der Waals surface area contributed by atoms with Gasteiger partial charge in [0.25, 0.3) is 0 Å². The summed E-state index contributed by atoms with van der Waals surface area (Å²) in [5.41, 5.74) is 16.7. The number of fused-ring (bicyclic) bond motifs is 1. The Morgan fingerprint density at radius 3 is 1.82 bits per heavy atom. The molecule has 0 aliphatic carbocycles. The number of anilines is 1. The Kier molecular flexibility index (Phi) is 12.0. The van der Waals surface area contributed by atoms with Crippen molar-refractivity contribution in [2.45, 2.75) is 112 Å². The van der Waals surface area contributed by atoms with E-state index in [2.05, 4.69) is 227 Å². The van der Waals surface area contributed by atoms with Crippen LogP contribution in [0, 0.1) is 0 Å². The van der Waals surface area contributed by atoms with Crippen molar-refractivity contribution in [1.29, 1.82) is 0 Å². The zero-order chi connectivity index (χ0) is 47.3. The van der Waals surface area contributed by atoms with Gasteiger partial charge in [-0.3, -0.25) is 9.55 Å². The van der Waals surface area contributed by atoms with Crippen molar-refractivity contribution in [3.05, 3.63) is 180 Å². The molecule has 0 spiro atoms. The number of para-hydroxylation sites is 2. The van der Waals surface area contributed by atoms with Crippen molar-refractivity contribution in [3.63, 3.8) is 0 Å². The first kappa shape index (κ1) is 45.8. The number of hydrogen-bond donors (Lipinski definition) is 2. The van der Waals surface area contributed by atoms with Gasteiger partial charge in [-0.1, -0.05) is 162 Å². The molecule has 0 aliphatic rings. The number of pyridine rings is 1. The molecule has 5 heteroatoms. The number of hydrogen-bond acceptors (Lipinski definition) is 4.